The van der Waals surface area contributed by atoms with Crippen LogP contribution in [0.4, 0.5) is 8.78 Å². The van der Waals surface area contributed by atoms with Gasteiger partial charge in [0.15, 0.2) is 0 Å². The monoisotopic (exact) mass is 563 g/mol. The zero-order valence-corrected chi connectivity index (χ0v) is 23.2. The lowest BCUT2D eigenvalue weighted by Crippen LogP contribution is -2.54. The minimum absolute atomic E-state index is 0.0251. The number of benzene rings is 1. The number of ether oxygens (including phenoxy) is 1. The van der Waals surface area contributed by atoms with Crippen LogP contribution in [0.2, 0.25) is 0 Å². The number of nitrogens with zero attached hydrogens (tertiary/aromatic N) is 4. The van der Waals surface area contributed by atoms with Gasteiger partial charge in [-0.25, -0.2) is 18.3 Å². The Morgan fingerprint density at radius 3 is 2.51 bits per heavy atom. The number of halogens is 2. The van der Waals surface area contributed by atoms with Crippen molar-refractivity contribution in [2.45, 2.75) is 69.1 Å². The van der Waals surface area contributed by atoms with Crippen LogP contribution in [-0.4, -0.2) is 54.7 Å². The largest absolute Gasteiger partial charge is 0.388 e. The van der Waals surface area contributed by atoms with Crippen LogP contribution in [0.3, 0.4) is 0 Å². The predicted octanol–water partition coefficient (Wildman–Crippen LogP) is 4.25. The number of nitrogens with two attached hydrogens (primary N) is 1. The SMILES string of the molecule is C[C@H]1C[C@@H](c2ccncc2Cc2ncc3ccc(-c4c(F)cc(C5(O)CCOCC5)cc4F)nn23)C[C@@H](N)[C@]1(C)O. The lowest BCUT2D eigenvalue weighted by molar-refractivity contribution is -0.0682. The van der Waals surface area contributed by atoms with Gasteiger partial charge in [-0.05, 0) is 78.6 Å². The highest BCUT2D eigenvalue weighted by Gasteiger charge is 2.42. The van der Waals surface area contributed by atoms with Gasteiger partial charge in [0.25, 0.3) is 0 Å². The quantitative estimate of drug-likeness (QED) is 0.332. The van der Waals surface area contributed by atoms with Gasteiger partial charge in [-0.2, -0.15) is 5.10 Å². The molecule has 4 N–H and O–H groups in total. The molecule has 3 aromatic heterocycles. The molecule has 1 aromatic carbocycles. The van der Waals surface area contributed by atoms with Crippen molar-refractivity contribution in [2.24, 2.45) is 11.7 Å². The molecule has 1 saturated carbocycles. The molecule has 0 unspecified atom stereocenters. The Bertz CT molecular complexity index is 1550. The minimum atomic E-state index is -1.33. The minimum Gasteiger partial charge on any atom is -0.388 e. The Hall–Kier alpha value is -3.31. The summed E-state index contributed by atoms with van der Waals surface area (Å²) in [5.41, 5.74) is 6.94. The summed E-state index contributed by atoms with van der Waals surface area (Å²) in [6.07, 6.45) is 7.63. The molecule has 4 aromatic rings. The molecule has 0 amide bonds. The van der Waals surface area contributed by atoms with E-state index < -0.39 is 22.8 Å². The van der Waals surface area contributed by atoms with Crippen LogP contribution in [0.15, 0.2) is 48.9 Å². The maximum Gasteiger partial charge on any atom is 0.136 e. The third kappa shape index (κ3) is 5.03. The third-order valence-corrected chi connectivity index (χ3v) is 9.26. The predicted molar refractivity (Wildman–Crippen MR) is 149 cm³/mol. The molecule has 0 spiro atoms. The summed E-state index contributed by atoms with van der Waals surface area (Å²) in [7, 11) is 0. The fourth-order valence-electron chi connectivity index (χ4n) is 6.35. The van der Waals surface area contributed by atoms with E-state index in [1.807, 2.05) is 19.2 Å². The maximum atomic E-state index is 15.4. The van der Waals surface area contributed by atoms with Crippen LogP contribution in [-0.2, 0) is 16.8 Å². The number of pyridine rings is 1. The van der Waals surface area contributed by atoms with Crippen LogP contribution < -0.4 is 5.73 Å². The molecule has 2 aliphatic rings. The molecule has 1 saturated heterocycles. The molecule has 0 bridgehead atoms. The Balaban J connectivity index is 1.32. The van der Waals surface area contributed by atoms with E-state index in [2.05, 4.69) is 15.1 Å². The topological polar surface area (TPSA) is 119 Å². The van der Waals surface area contributed by atoms with E-state index in [1.165, 1.54) is 12.1 Å². The van der Waals surface area contributed by atoms with Gasteiger partial charge in [0.05, 0.1) is 34.2 Å². The Morgan fingerprint density at radius 2 is 1.80 bits per heavy atom. The molecule has 4 atom stereocenters. The van der Waals surface area contributed by atoms with Crippen molar-refractivity contribution < 1.29 is 23.7 Å². The van der Waals surface area contributed by atoms with Crippen molar-refractivity contribution >= 4 is 5.52 Å². The Morgan fingerprint density at radius 1 is 1.07 bits per heavy atom. The summed E-state index contributed by atoms with van der Waals surface area (Å²) >= 11 is 0. The lowest BCUT2D eigenvalue weighted by Gasteiger charge is -2.44. The van der Waals surface area contributed by atoms with Gasteiger partial charge in [0.1, 0.15) is 17.5 Å². The fourth-order valence-corrected chi connectivity index (χ4v) is 6.35. The van der Waals surface area contributed by atoms with E-state index in [1.54, 1.807) is 36.0 Å². The van der Waals surface area contributed by atoms with Gasteiger partial charge in [-0.15, -0.1) is 0 Å². The molecule has 8 nitrogen and oxygen atoms in total. The van der Waals surface area contributed by atoms with Crippen LogP contribution in [0.25, 0.3) is 16.8 Å². The number of fused-ring (bicyclic) bond motifs is 1. The van der Waals surface area contributed by atoms with Crippen molar-refractivity contribution in [3.63, 3.8) is 0 Å². The van der Waals surface area contributed by atoms with E-state index in [4.69, 9.17) is 10.5 Å². The average molecular weight is 564 g/mol. The standard InChI is InChI=1S/C31H35F2N5O3/c1-18-11-19(12-27(34)30(18,2)39)23-5-8-35-16-20(23)13-28-36-17-22-3-4-26(37-38(22)28)29-24(32)14-21(15-25(29)33)31(40)6-9-41-10-7-31/h3-5,8,14-19,27,39-40H,6-7,9-13,34H2,1-2H3/t18-,19+,27+,30+/m0/s1. The summed E-state index contributed by atoms with van der Waals surface area (Å²) in [4.78, 5) is 8.91. The van der Waals surface area contributed by atoms with Crippen molar-refractivity contribution in [3.05, 3.63) is 83.1 Å². The van der Waals surface area contributed by atoms with Crippen molar-refractivity contribution in [1.29, 1.82) is 0 Å². The molecule has 6 rings (SSSR count). The highest BCUT2D eigenvalue weighted by Crippen LogP contribution is 2.42. The van der Waals surface area contributed by atoms with Crippen molar-refractivity contribution in [2.75, 3.05) is 13.2 Å². The zero-order valence-electron chi connectivity index (χ0n) is 23.2. The van der Waals surface area contributed by atoms with E-state index in [0.717, 1.165) is 17.5 Å². The molecule has 0 radical (unpaired) electrons. The second-order valence-corrected chi connectivity index (χ2v) is 11.8. The number of aliphatic hydroxyl groups is 2. The first-order valence-corrected chi connectivity index (χ1v) is 14.1. The van der Waals surface area contributed by atoms with Crippen LogP contribution in [0.5, 0.6) is 0 Å². The molecule has 1 aliphatic heterocycles. The normalized spacial score (nSPS) is 26.4. The van der Waals surface area contributed by atoms with Crippen LogP contribution in [0, 0.1) is 17.6 Å². The first-order valence-electron chi connectivity index (χ1n) is 14.1. The molecule has 4 heterocycles. The van der Waals surface area contributed by atoms with Crippen LogP contribution >= 0.6 is 0 Å². The van der Waals surface area contributed by atoms with Crippen molar-refractivity contribution in [3.8, 4) is 11.3 Å². The third-order valence-electron chi connectivity index (χ3n) is 9.26. The summed E-state index contributed by atoms with van der Waals surface area (Å²) in [5, 5.41) is 26.3. The number of rotatable bonds is 5. The molecule has 216 valence electrons. The average Bonchev–Trinajstić information content (AvgIpc) is 3.34. The zero-order chi connectivity index (χ0) is 28.9. The van der Waals surface area contributed by atoms with Crippen molar-refractivity contribution in [1.82, 2.24) is 19.6 Å². The number of imidazole rings is 1. The second kappa shape index (κ2) is 10.5. The molecule has 10 heteroatoms. The number of hydrogen-bond acceptors (Lipinski definition) is 7. The molecule has 2 fully saturated rings. The maximum absolute atomic E-state index is 15.4. The summed E-state index contributed by atoms with van der Waals surface area (Å²) < 4.78 is 37.7. The highest BCUT2D eigenvalue weighted by molar-refractivity contribution is 5.63. The first-order chi connectivity index (χ1) is 19.6. The van der Waals surface area contributed by atoms with Gasteiger partial charge in [-0.1, -0.05) is 6.92 Å². The summed E-state index contributed by atoms with van der Waals surface area (Å²) in [6, 6.07) is 7.33. The summed E-state index contributed by atoms with van der Waals surface area (Å²) in [5.74, 6) is -0.800. The Labute approximate surface area is 237 Å². The van der Waals surface area contributed by atoms with Crippen LogP contribution in [0.1, 0.15) is 68.0 Å². The van der Waals surface area contributed by atoms with E-state index in [9.17, 15) is 10.2 Å². The number of aromatic nitrogens is 4. The Kier molecular flexibility index (Phi) is 7.14. The van der Waals surface area contributed by atoms with Gasteiger partial charge in [-0.3, -0.25) is 4.98 Å². The molecular weight excluding hydrogens is 528 g/mol. The second-order valence-electron chi connectivity index (χ2n) is 11.8. The highest BCUT2D eigenvalue weighted by atomic mass is 19.1. The number of hydrogen-bond donors (Lipinski definition) is 3. The molecular formula is C31H35F2N5O3. The smallest absolute Gasteiger partial charge is 0.136 e. The van der Waals surface area contributed by atoms with Gasteiger partial charge < -0.3 is 20.7 Å². The lowest BCUT2D eigenvalue weighted by atomic mass is 9.67. The van der Waals surface area contributed by atoms with E-state index >= 15 is 8.78 Å². The van der Waals surface area contributed by atoms with Gasteiger partial charge >= 0.3 is 0 Å². The van der Waals surface area contributed by atoms with E-state index in [-0.39, 0.29) is 47.5 Å². The van der Waals surface area contributed by atoms with E-state index in [0.29, 0.717) is 37.4 Å². The summed E-state index contributed by atoms with van der Waals surface area (Å²) in [6.45, 7) is 4.48. The molecule has 41 heavy (non-hydrogen) atoms. The van der Waals surface area contributed by atoms with Gasteiger partial charge in [0.2, 0.25) is 0 Å². The fraction of sp³-hybridized carbons (Fsp3) is 0.452. The molecule has 1 aliphatic carbocycles. The first kappa shape index (κ1) is 27.8. The van der Waals surface area contributed by atoms with Gasteiger partial charge in [0, 0.05) is 50.9 Å².